The monoisotopic (exact) mass is 639 g/mol. The van der Waals surface area contributed by atoms with Gasteiger partial charge in [-0.25, -0.2) is 0 Å². The molecule has 210 valence electrons. The summed E-state index contributed by atoms with van der Waals surface area (Å²) in [7, 11) is 0. The molecule has 3 aliphatic rings. The van der Waals surface area contributed by atoms with Gasteiger partial charge in [0.15, 0.2) is 0 Å². The molecular weight excluding hydrogens is 595 g/mol. The number of hydrogen-bond donors (Lipinski definition) is 0. The second-order valence-electron chi connectivity index (χ2n) is 13.6. The van der Waals surface area contributed by atoms with Crippen molar-refractivity contribution in [2.45, 2.75) is 125 Å². The minimum absolute atomic E-state index is 0. The van der Waals surface area contributed by atoms with Crippen LogP contribution in [0.25, 0.3) is 16.7 Å². The Morgan fingerprint density at radius 3 is 1.79 bits per heavy atom. The third-order valence-electron chi connectivity index (χ3n) is 8.67. The molecule has 0 atom stereocenters. The van der Waals surface area contributed by atoms with Crippen molar-refractivity contribution >= 4 is 8.78 Å². The number of halogens is 2. The van der Waals surface area contributed by atoms with E-state index in [4.69, 9.17) is 0 Å². The van der Waals surface area contributed by atoms with Crippen molar-refractivity contribution in [1.82, 2.24) is 0 Å². The van der Waals surface area contributed by atoms with Crippen LogP contribution < -0.4 is 24.8 Å². The average molecular weight is 642 g/mol. The molecule has 0 nitrogen and oxygen atoms in total. The number of rotatable bonds is 1. The van der Waals surface area contributed by atoms with Crippen molar-refractivity contribution in [3.05, 3.63) is 74.4 Å². The number of hydrogen-bond acceptors (Lipinski definition) is 0. The molecule has 39 heavy (non-hydrogen) atoms. The second kappa shape index (κ2) is 13.0. The van der Waals surface area contributed by atoms with Crippen LogP contribution in [0, 0.1) is 33.8 Å². The molecule has 5 rings (SSSR count). The Morgan fingerprint density at radius 2 is 1.33 bits per heavy atom. The number of allylic oxidation sites excluding steroid dienone is 4. The van der Waals surface area contributed by atoms with Crippen molar-refractivity contribution in [1.29, 1.82) is 0 Å². The fraction of sp³-hybridized carbons (Fsp3) is 0.528. The number of benzene rings is 2. The first kappa shape index (κ1) is 34.5. The first-order valence-electron chi connectivity index (χ1n) is 14.4. The normalized spacial score (nSPS) is 16.0. The molecule has 2 aromatic rings. The molecule has 0 heterocycles. The maximum absolute atomic E-state index is 3.96. The molecule has 0 spiro atoms. The third kappa shape index (κ3) is 6.84. The van der Waals surface area contributed by atoms with Gasteiger partial charge in [-0.1, -0.05) is 83.4 Å². The summed E-state index contributed by atoms with van der Waals surface area (Å²) < 4.78 is 1.80. The van der Waals surface area contributed by atoms with Gasteiger partial charge >= 0.3 is 59.5 Å². The van der Waals surface area contributed by atoms with Crippen LogP contribution in [0.4, 0.5) is 0 Å². The van der Waals surface area contributed by atoms with Crippen LogP contribution in [-0.4, -0.2) is 3.21 Å². The zero-order valence-corrected chi connectivity index (χ0v) is 29.9. The van der Waals surface area contributed by atoms with E-state index in [0.29, 0.717) is 0 Å². The van der Waals surface area contributed by atoms with Crippen LogP contribution in [0.5, 0.6) is 0 Å². The van der Waals surface area contributed by atoms with Gasteiger partial charge in [0.25, 0.3) is 0 Å². The molecule has 0 amide bonds. The van der Waals surface area contributed by atoms with Gasteiger partial charge in [-0.2, -0.15) is 6.07 Å². The molecule has 0 saturated heterocycles. The van der Waals surface area contributed by atoms with E-state index < -0.39 is 0 Å². The first-order chi connectivity index (χ1) is 17.2. The summed E-state index contributed by atoms with van der Waals surface area (Å²) in [5.74, 6) is 0. The van der Waals surface area contributed by atoms with Crippen LogP contribution in [0.3, 0.4) is 0 Å². The minimum atomic E-state index is 0. The van der Waals surface area contributed by atoms with Gasteiger partial charge in [-0.3, -0.25) is 0 Å². The van der Waals surface area contributed by atoms with Crippen molar-refractivity contribution in [2.24, 2.45) is 0 Å². The Bertz CT molecular complexity index is 1300. The van der Waals surface area contributed by atoms with Crippen LogP contribution in [0.15, 0.2) is 18.2 Å². The predicted octanol–water partition coefficient (Wildman–Crippen LogP) is 3.91. The standard InChI is InChI=1S/C30H37.C6H10.2ClH.Zr/c1-17-18(2)28(30(8,9)10)19(3)23-15-22-16-24(29(5,6)7)25(21-13-11-12-14-21)20(4)26(22)27(17)23;1-2-4-6-5-3-1;;;/h11-13H,14-15H2,1-10H3;1-5H2;2*1H;/q-1;;;;+2/p-2. The van der Waals surface area contributed by atoms with Gasteiger partial charge in [0.2, 0.25) is 0 Å². The molecule has 0 radical (unpaired) electrons. The Kier molecular flexibility index (Phi) is 11.5. The molecule has 0 aromatic heterocycles. The summed E-state index contributed by atoms with van der Waals surface area (Å²) in [6.45, 7) is 23.4. The zero-order valence-electron chi connectivity index (χ0n) is 25.9. The molecule has 3 heteroatoms. The van der Waals surface area contributed by atoms with Gasteiger partial charge in [0.1, 0.15) is 0 Å². The van der Waals surface area contributed by atoms with Crippen molar-refractivity contribution in [3.63, 3.8) is 0 Å². The van der Waals surface area contributed by atoms with Gasteiger partial charge in [-0.05, 0) is 66.7 Å². The fourth-order valence-corrected chi connectivity index (χ4v) is 7.81. The molecule has 3 aliphatic carbocycles. The van der Waals surface area contributed by atoms with Crippen LogP contribution in [-0.2, 0) is 41.5 Å². The van der Waals surface area contributed by atoms with E-state index in [1.54, 1.807) is 27.4 Å². The third-order valence-corrected chi connectivity index (χ3v) is 9.90. The maximum atomic E-state index is 3.96. The summed E-state index contributed by atoms with van der Waals surface area (Å²) in [5, 5.41) is 0. The zero-order chi connectivity index (χ0) is 27.3. The van der Waals surface area contributed by atoms with E-state index in [0.717, 1.165) is 12.8 Å². The quantitative estimate of drug-likeness (QED) is 0.354. The van der Waals surface area contributed by atoms with Crippen LogP contribution in [0.1, 0.15) is 130 Å². The van der Waals surface area contributed by atoms with Crippen LogP contribution >= 0.6 is 0 Å². The van der Waals surface area contributed by atoms with E-state index in [-0.39, 0.29) is 35.6 Å². The predicted molar refractivity (Wildman–Crippen MR) is 160 cm³/mol. The Labute approximate surface area is 266 Å². The van der Waals surface area contributed by atoms with Crippen LogP contribution in [0.2, 0.25) is 0 Å². The van der Waals surface area contributed by atoms with E-state index in [1.165, 1.54) is 98.9 Å². The van der Waals surface area contributed by atoms with Gasteiger partial charge in [0.05, 0.1) is 0 Å². The summed E-state index contributed by atoms with van der Waals surface area (Å²) >= 11 is 1.69. The van der Waals surface area contributed by atoms with Crippen molar-refractivity contribution in [2.75, 3.05) is 0 Å². The Morgan fingerprint density at radius 1 is 0.718 bits per heavy atom. The SMILES string of the molecule is Cc1c(C2=CC=CC2)c(C(C)(C)C)[c-]c2c1-c1c(C)c(C)c(C(C)(C)C)c(C)c1C2.[Cl-].[Cl-].[Zr+2]=[C]1CCCCC1. The van der Waals surface area contributed by atoms with Gasteiger partial charge in [-0.15, -0.1) is 27.8 Å². The summed E-state index contributed by atoms with van der Waals surface area (Å²) in [5.41, 5.74) is 17.8. The van der Waals surface area contributed by atoms with E-state index >= 15 is 0 Å². The summed E-state index contributed by atoms with van der Waals surface area (Å²) in [6, 6.07) is 3.96. The fourth-order valence-electron chi connectivity index (χ4n) is 6.94. The van der Waals surface area contributed by atoms with Gasteiger partial charge in [0, 0.05) is 0 Å². The van der Waals surface area contributed by atoms with E-state index in [2.05, 4.69) is 93.5 Å². The molecule has 2 aromatic carbocycles. The summed E-state index contributed by atoms with van der Waals surface area (Å²) in [4.78, 5) is 0. The van der Waals surface area contributed by atoms with E-state index in [9.17, 15) is 0 Å². The molecule has 0 N–H and O–H groups in total. The molecule has 1 fully saturated rings. The number of fused-ring (bicyclic) bond motifs is 3. The van der Waals surface area contributed by atoms with Crippen molar-refractivity contribution in [3.8, 4) is 11.1 Å². The Balaban J connectivity index is 0.000000518. The Hall–Kier alpha value is -0.747. The first-order valence-corrected chi connectivity index (χ1v) is 15.6. The molecular formula is C36H47Cl2Zr-. The van der Waals surface area contributed by atoms with Crippen molar-refractivity contribution < 1.29 is 49.0 Å². The topological polar surface area (TPSA) is 0 Å². The second-order valence-corrected chi connectivity index (χ2v) is 15.4. The van der Waals surface area contributed by atoms with E-state index in [1.807, 2.05) is 0 Å². The molecule has 0 unspecified atom stereocenters. The van der Waals surface area contributed by atoms with Gasteiger partial charge < -0.3 is 24.8 Å². The average Bonchev–Trinajstić information content (AvgIpc) is 3.45. The molecule has 0 bridgehead atoms. The summed E-state index contributed by atoms with van der Waals surface area (Å²) in [6.07, 6.45) is 16.1. The molecule has 0 aliphatic heterocycles. The molecule has 1 saturated carbocycles.